The number of likely N-dealkylation sites (tertiary alicyclic amines) is 1. The zero-order valence-corrected chi connectivity index (χ0v) is 10.9. The van der Waals surface area contributed by atoms with Gasteiger partial charge in [-0.15, -0.1) is 0 Å². The maximum Gasteiger partial charge on any atom is 0.416 e. The van der Waals surface area contributed by atoms with E-state index in [1.165, 1.54) is 0 Å². The molecule has 1 fully saturated rings. The van der Waals surface area contributed by atoms with Crippen LogP contribution in [0.1, 0.15) is 11.1 Å². The summed E-state index contributed by atoms with van der Waals surface area (Å²) in [5.41, 5.74) is -3.31. The fourth-order valence-electron chi connectivity index (χ4n) is 1.90. The number of carboxylic acid groups (broad SMARTS) is 1. The van der Waals surface area contributed by atoms with E-state index in [0.29, 0.717) is 11.0 Å². The molecule has 0 aromatic heterocycles. The first-order valence-corrected chi connectivity index (χ1v) is 5.95. The van der Waals surface area contributed by atoms with Gasteiger partial charge in [0.25, 0.3) is 0 Å². The SMILES string of the molecule is O=C([O-])N1CC(F)(c2cc(C(F)(F)F)ccc2Br)C1. The Kier molecular flexibility index (Phi) is 3.24. The number of halogens is 5. The van der Waals surface area contributed by atoms with Crippen LogP contribution in [0, 0.1) is 0 Å². The monoisotopic (exact) mass is 340 g/mol. The first-order chi connectivity index (χ1) is 8.63. The van der Waals surface area contributed by atoms with Crippen molar-refractivity contribution in [2.45, 2.75) is 11.8 Å². The van der Waals surface area contributed by atoms with Crippen molar-refractivity contribution in [2.75, 3.05) is 13.1 Å². The van der Waals surface area contributed by atoms with E-state index in [1.54, 1.807) is 0 Å². The lowest BCUT2D eigenvalue weighted by Crippen LogP contribution is -2.62. The predicted molar refractivity (Wildman–Crippen MR) is 58.9 cm³/mol. The Labute approximate surface area is 113 Å². The Bertz CT molecular complexity index is 526. The van der Waals surface area contributed by atoms with Crippen LogP contribution in [-0.4, -0.2) is 24.1 Å². The highest BCUT2D eigenvalue weighted by Crippen LogP contribution is 2.42. The van der Waals surface area contributed by atoms with Gasteiger partial charge >= 0.3 is 6.18 Å². The number of hydrogen-bond acceptors (Lipinski definition) is 2. The number of amides is 1. The number of hydrogen-bond donors (Lipinski definition) is 0. The molecule has 1 saturated heterocycles. The van der Waals surface area contributed by atoms with Gasteiger partial charge < -0.3 is 14.8 Å². The lowest BCUT2D eigenvalue weighted by Gasteiger charge is -2.46. The van der Waals surface area contributed by atoms with Gasteiger partial charge in [0.2, 0.25) is 0 Å². The molecule has 0 saturated carbocycles. The van der Waals surface area contributed by atoms with Crippen molar-refractivity contribution in [1.29, 1.82) is 0 Å². The Morgan fingerprint density at radius 1 is 1.37 bits per heavy atom. The molecule has 1 heterocycles. The molecular weight excluding hydrogens is 334 g/mol. The molecule has 0 atom stereocenters. The lowest BCUT2D eigenvalue weighted by molar-refractivity contribution is -0.276. The first kappa shape index (κ1) is 14.1. The van der Waals surface area contributed by atoms with Gasteiger partial charge in [-0.25, -0.2) is 4.39 Å². The van der Waals surface area contributed by atoms with E-state index in [4.69, 9.17) is 0 Å². The van der Waals surface area contributed by atoms with Crippen molar-refractivity contribution in [3.05, 3.63) is 33.8 Å². The van der Waals surface area contributed by atoms with Crippen molar-refractivity contribution in [1.82, 2.24) is 4.90 Å². The molecule has 0 radical (unpaired) electrons. The lowest BCUT2D eigenvalue weighted by atomic mass is 9.87. The van der Waals surface area contributed by atoms with Crippen molar-refractivity contribution >= 4 is 22.0 Å². The molecule has 0 bridgehead atoms. The second kappa shape index (κ2) is 4.36. The minimum atomic E-state index is -4.58. The summed E-state index contributed by atoms with van der Waals surface area (Å²) in [5, 5.41) is 10.5. The summed E-state index contributed by atoms with van der Waals surface area (Å²) in [6.45, 7) is -1.06. The molecule has 19 heavy (non-hydrogen) atoms. The second-order valence-corrected chi connectivity index (χ2v) is 5.13. The zero-order valence-electron chi connectivity index (χ0n) is 9.30. The van der Waals surface area contributed by atoms with Gasteiger partial charge in [0.1, 0.15) is 6.09 Å². The smallest absolute Gasteiger partial charge is 0.416 e. The molecule has 0 unspecified atom stereocenters. The van der Waals surface area contributed by atoms with Crippen LogP contribution in [0.15, 0.2) is 22.7 Å². The summed E-state index contributed by atoms with van der Waals surface area (Å²) >= 11 is 2.98. The normalized spacial score (nSPS) is 18.1. The van der Waals surface area contributed by atoms with Crippen molar-refractivity contribution in [2.24, 2.45) is 0 Å². The molecule has 1 amide bonds. The molecule has 0 N–H and O–H groups in total. The van der Waals surface area contributed by atoms with Crippen LogP contribution in [0.5, 0.6) is 0 Å². The average molecular weight is 341 g/mol. The number of carbonyl (C=O) groups excluding carboxylic acids is 1. The van der Waals surface area contributed by atoms with Gasteiger partial charge in [-0.1, -0.05) is 15.9 Å². The Morgan fingerprint density at radius 2 is 1.95 bits per heavy atom. The van der Waals surface area contributed by atoms with Gasteiger partial charge in [0.15, 0.2) is 5.67 Å². The Morgan fingerprint density at radius 3 is 2.42 bits per heavy atom. The highest BCUT2D eigenvalue weighted by Gasteiger charge is 2.47. The van der Waals surface area contributed by atoms with E-state index < -0.39 is 36.6 Å². The maximum atomic E-state index is 14.3. The van der Waals surface area contributed by atoms with Crippen LogP contribution in [0.2, 0.25) is 0 Å². The molecule has 1 aliphatic heterocycles. The maximum absolute atomic E-state index is 14.3. The molecule has 2 rings (SSSR count). The van der Waals surface area contributed by atoms with Crippen LogP contribution in [-0.2, 0) is 11.8 Å². The quantitative estimate of drug-likeness (QED) is 0.736. The summed E-state index contributed by atoms with van der Waals surface area (Å²) in [5.74, 6) is 0. The average Bonchev–Trinajstić information content (AvgIpc) is 2.23. The fourth-order valence-corrected chi connectivity index (χ4v) is 2.51. The van der Waals surface area contributed by atoms with Crippen molar-refractivity contribution < 1.29 is 27.5 Å². The third-order valence-electron chi connectivity index (χ3n) is 2.92. The fraction of sp³-hybridized carbons (Fsp3) is 0.364. The van der Waals surface area contributed by atoms with E-state index in [2.05, 4.69) is 15.9 Å². The van der Waals surface area contributed by atoms with E-state index in [-0.39, 0.29) is 10.0 Å². The summed E-state index contributed by atoms with van der Waals surface area (Å²) in [6.07, 6.45) is -6.12. The largest absolute Gasteiger partial charge is 0.530 e. The van der Waals surface area contributed by atoms with Gasteiger partial charge in [0.05, 0.1) is 18.7 Å². The molecule has 1 aromatic carbocycles. The topological polar surface area (TPSA) is 43.4 Å². The molecule has 1 aromatic rings. The molecule has 0 spiro atoms. The molecule has 0 aliphatic carbocycles. The van der Waals surface area contributed by atoms with E-state index in [1.807, 2.05) is 0 Å². The number of alkyl halides is 4. The second-order valence-electron chi connectivity index (χ2n) is 4.28. The highest BCUT2D eigenvalue weighted by molar-refractivity contribution is 9.10. The van der Waals surface area contributed by atoms with Crippen molar-refractivity contribution in [3.8, 4) is 0 Å². The zero-order chi connectivity index (χ0) is 14.4. The van der Waals surface area contributed by atoms with Gasteiger partial charge in [-0.2, -0.15) is 13.2 Å². The van der Waals surface area contributed by atoms with Crippen LogP contribution < -0.4 is 5.11 Å². The van der Waals surface area contributed by atoms with Crippen LogP contribution in [0.25, 0.3) is 0 Å². The molecule has 104 valence electrons. The number of carbonyl (C=O) groups is 1. The standard InChI is InChI=1S/C11H8BrF4NO2/c12-8-2-1-6(11(14,15)16)3-7(8)10(13)4-17(5-10)9(18)19/h1-3H,4-5H2,(H,18,19)/p-1. The summed E-state index contributed by atoms with van der Waals surface area (Å²) in [4.78, 5) is 11.2. The van der Waals surface area contributed by atoms with Gasteiger partial charge in [0, 0.05) is 10.0 Å². The van der Waals surface area contributed by atoms with E-state index in [0.717, 1.165) is 12.1 Å². The summed E-state index contributed by atoms with van der Waals surface area (Å²) < 4.78 is 52.2. The molecular formula is C11H7BrF4NO2-. The van der Waals surface area contributed by atoms with Crippen LogP contribution in [0.3, 0.4) is 0 Å². The molecule has 1 aliphatic rings. The number of rotatable bonds is 1. The molecule has 3 nitrogen and oxygen atoms in total. The first-order valence-electron chi connectivity index (χ1n) is 5.15. The van der Waals surface area contributed by atoms with Crippen LogP contribution in [0.4, 0.5) is 22.4 Å². The Balaban J connectivity index is 2.33. The molecule has 8 heteroatoms. The Hall–Kier alpha value is -1.31. The van der Waals surface area contributed by atoms with Crippen LogP contribution >= 0.6 is 15.9 Å². The van der Waals surface area contributed by atoms with E-state index >= 15 is 0 Å². The number of benzene rings is 1. The van der Waals surface area contributed by atoms with Gasteiger partial charge in [-0.3, -0.25) is 0 Å². The van der Waals surface area contributed by atoms with Gasteiger partial charge in [-0.05, 0) is 18.2 Å². The minimum absolute atomic E-state index is 0.168. The summed E-state index contributed by atoms with van der Waals surface area (Å²) in [7, 11) is 0. The third-order valence-corrected chi connectivity index (χ3v) is 3.61. The highest BCUT2D eigenvalue weighted by atomic mass is 79.9. The predicted octanol–water partition coefficient (Wildman–Crippen LogP) is 2.29. The number of nitrogens with zero attached hydrogens (tertiary/aromatic N) is 1. The summed E-state index contributed by atoms with van der Waals surface area (Å²) in [6, 6.07) is 2.62. The van der Waals surface area contributed by atoms with Crippen molar-refractivity contribution in [3.63, 3.8) is 0 Å². The minimum Gasteiger partial charge on any atom is -0.530 e. The van der Waals surface area contributed by atoms with E-state index in [9.17, 15) is 27.5 Å². The third kappa shape index (κ3) is 2.54.